The molecular weight excluding hydrogens is 286 g/mol. The van der Waals surface area contributed by atoms with Gasteiger partial charge in [0.2, 0.25) is 0 Å². The molecule has 22 heavy (non-hydrogen) atoms. The van der Waals surface area contributed by atoms with Crippen molar-refractivity contribution in [1.29, 1.82) is 0 Å². The maximum Gasteiger partial charge on any atom is 0.334 e. The molecule has 1 fully saturated rings. The molecule has 2 heterocycles. The van der Waals surface area contributed by atoms with Crippen LogP contribution in [-0.4, -0.2) is 57.5 Å². The fourth-order valence-electron chi connectivity index (χ4n) is 2.55. The zero-order valence-electron chi connectivity index (χ0n) is 13.3. The molecule has 1 N–H and O–H groups in total. The monoisotopic (exact) mass is 309 g/mol. The van der Waals surface area contributed by atoms with Crippen LogP contribution in [0.5, 0.6) is 0 Å². The van der Waals surface area contributed by atoms with Gasteiger partial charge in [-0.1, -0.05) is 13.8 Å². The maximum atomic E-state index is 12.7. The lowest BCUT2D eigenvalue weighted by molar-refractivity contribution is -0.154. The first-order chi connectivity index (χ1) is 10.4. The Hall–Kier alpha value is -1.89. The number of morpholine rings is 1. The minimum Gasteiger partial charge on any atom is -0.479 e. The summed E-state index contributed by atoms with van der Waals surface area (Å²) >= 11 is 0. The lowest BCUT2D eigenvalue weighted by Gasteiger charge is -2.30. The van der Waals surface area contributed by atoms with Gasteiger partial charge in [0.15, 0.2) is 6.10 Å². The normalized spacial score (nSPS) is 18.7. The van der Waals surface area contributed by atoms with Gasteiger partial charge in [0.05, 0.1) is 18.8 Å². The van der Waals surface area contributed by atoms with Crippen molar-refractivity contribution in [2.45, 2.75) is 39.8 Å². The smallest absolute Gasteiger partial charge is 0.334 e. The van der Waals surface area contributed by atoms with E-state index in [9.17, 15) is 9.59 Å². The van der Waals surface area contributed by atoms with Gasteiger partial charge in [-0.15, -0.1) is 0 Å². The molecule has 0 saturated carbocycles. The minimum atomic E-state index is -1.04. The van der Waals surface area contributed by atoms with E-state index < -0.39 is 12.1 Å². The van der Waals surface area contributed by atoms with Crippen LogP contribution >= 0.6 is 0 Å². The van der Waals surface area contributed by atoms with Crippen LogP contribution < -0.4 is 0 Å². The van der Waals surface area contributed by atoms with Crippen molar-refractivity contribution >= 4 is 11.9 Å². The molecule has 7 nitrogen and oxygen atoms in total. The molecule has 0 bridgehead atoms. The van der Waals surface area contributed by atoms with Gasteiger partial charge >= 0.3 is 5.97 Å². The summed E-state index contributed by atoms with van der Waals surface area (Å²) in [6, 6.07) is 1.82. The van der Waals surface area contributed by atoms with Crippen LogP contribution in [-0.2, 0) is 22.5 Å². The van der Waals surface area contributed by atoms with Gasteiger partial charge in [0.1, 0.15) is 5.69 Å². The molecule has 0 radical (unpaired) electrons. The van der Waals surface area contributed by atoms with E-state index in [4.69, 9.17) is 9.84 Å². The Morgan fingerprint density at radius 3 is 2.82 bits per heavy atom. The fraction of sp³-hybridized carbons (Fsp3) is 0.667. The minimum absolute atomic E-state index is 0.0720. The summed E-state index contributed by atoms with van der Waals surface area (Å²) in [5.74, 6) is -0.760. The molecule has 1 atom stereocenters. The number of rotatable bonds is 5. The first kappa shape index (κ1) is 16.5. The Morgan fingerprint density at radius 2 is 2.23 bits per heavy atom. The Labute approximate surface area is 129 Å². The predicted molar refractivity (Wildman–Crippen MR) is 79.7 cm³/mol. The second-order valence-electron chi connectivity index (χ2n) is 5.88. The maximum absolute atomic E-state index is 12.7. The van der Waals surface area contributed by atoms with Crippen molar-refractivity contribution in [3.8, 4) is 0 Å². The van der Waals surface area contributed by atoms with Crippen molar-refractivity contribution in [1.82, 2.24) is 14.7 Å². The molecule has 0 aromatic carbocycles. The molecule has 2 rings (SSSR count). The summed E-state index contributed by atoms with van der Waals surface area (Å²) in [6.45, 7) is 7.45. The molecule has 122 valence electrons. The van der Waals surface area contributed by atoms with E-state index in [1.165, 1.54) is 4.90 Å². The average Bonchev–Trinajstić information content (AvgIpc) is 2.88. The number of ether oxygens (including phenoxy) is 1. The molecule has 1 aliphatic rings. The number of aryl methyl sites for hydroxylation is 1. The van der Waals surface area contributed by atoms with E-state index in [1.807, 2.05) is 13.0 Å². The van der Waals surface area contributed by atoms with E-state index >= 15 is 0 Å². The van der Waals surface area contributed by atoms with Gasteiger partial charge in [-0.05, 0) is 25.3 Å². The van der Waals surface area contributed by atoms with Gasteiger partial charge < -0.3 is 14.7 Å². The van der Waals surface area contributed by atoms with Crippen molar-refractivity contribution in [2.24, 2.45) is 5.92 Å². The highest BCUT2D eigenvalue weighted by Gasteiger charge is 2.31. The summed E-state index contributed by atoms with van der Waals surface area (Å²) in [6.07, 6.45) is -0.139. The average molecular weight is 309 g/mol. The van der Waals surface area contributed by atoms with Crippen LogP contribution in [0.25, 0.3) is 0 Å². The number of carbonyl (C=O) groups excluding carboxylic acids is 1. The van der Waals surface area contributed by atoms with E-state index in [-0.39, 0.29) is 19.1 Å². The molecule has 1 aromatic rings. The summed E-state index contributed by atoms with van der Waals surface area (Å²) in [5, 5.41) is 13.5. The highest BCUT2D eigenvalue weighted by atomic mass is 16.5. The second kappa shape index (κ2) is 6.91. The predicted octanol–water partition coefficient (Wildman–Crippen LogP) is 1.03. The van der Waals surface area contributed by atoms with Crippen molar-refractivity contribution in [2.75, 3.05) is 19.7 Å². The SMILES string of the molecule is CCn1nc(CC(C)C)cc1C(=O)N1CCO[C@@H](C(=O)O)C1. The number of carboxylic acids is 1. The number of carbonyl (C=O) groups is 2. The van der Waals surface area contributed by atoms with E-state index in [0.29, 0.717) is 24.7 Å². The number of aromatic nitrogens is 2. The summed E-state index contributed by atoms with van der Waals surface area (Å²) in [5.41, 5.74) is 1.41. The number of nitrogens with zero attached hydrogens (tertiary/aromatic N) is 3. The Morgan fingerprint density at radius 1 is 1.50 bits per heavy atom. The highest BCUT2D eigenvalue weighted by Crippen LogP contribution is 2.15. The molecule has 0 aliphatic carbocycles. The molecular formula is C15H23N3O4. The van der Waals surface area contributed by atoms with E-state index in [1.54, 1.807) is 4.68 Å². The van der Waals surface area contributed by atoms with Crippen LogP contribution in [0.2, 0.25) is 0 Å². The van der Waals surface area contributed by atoms with Crippen LogP contribution in [0.4, 0.5) is 0 Å². The third-order valence-corrected chi connectivity index (χ3v) is 3.60. The van der Waals surface area contributed by atoms with Crippen LogP contribution in [0.15, 0.2) is 6.07 Å². The summed E-state index contributed by atoms with van der Waals surface area (Å²) in [7, 11) is 0. The Balaban J connectivity index is 2.17. The lowest BCUT2D eigenvalue weighted by atomic mass is 10.1. The zero-order chi connectivity index (χ0) is 16.3. The van der Waals surface area contributed by atoms with Gasteiger partial charge in [0, 0.05) is 13.1 Å². The zero-order valence-corrected chi connectivity index (χ0v) is 13.3. The number of hydrogen-bond acceptors (Lipinski definition) is 4. The molecule has 1 aromatic heterocycles. The van der Waals surface area contributed by atoms with E-state index in [0.717, 1.165) is 12.1 Å². The Kier molecular flexibility index (Phi) is 5.18. The van der Waals surface area contributed by atoms with Gasteiger partial charge in [0.25, 0.3) is 5.91 Å². The van der Waals surface area contributed by atoms with Gasteiger partial charge in [-0.3, -0.25) is 9.48 Å². The second-order valence-corrected chi connectivity index (χ2v) is 5.88. The summed E-state index contributed by atoms with van der Waals surface area (Å²) < 4.78 is 6.84. The Bertz CT molecular complexity index is 553. The van der Waals surface area contributed by atoms with Crippen molar-refractivity contribution in [3.05, 3.63) is 17.5 Å². The number of hydrogen-bond donors (Lipinski definition) is 1. The fourth-order valence-corrected chi connectivity index (χ4v) is 2.55. The molecule has 0 unspecified atom stereocenters. The number of carboxylic acid groups (broad SMARTS) is 1. The van der Waals surface area contributed by atoms with E-state index in [2.05, 4.69) is 18.9 Å². The first-order valence-corrected chi connectivity index (χ1v) is 7.62. The van der Waals surface area contributed by atoms with Crippen LogP contribution in [0, 0.1) is 5.92 Å². The number of aliphatic carboxylic acids is 1. The van der Waals surface area contributed by atoms with Gasteiger partial charge in [-0.2, -0.15) is 5.10 Å². The number of amides is 1. The largest absolute Gasteiger partial charge is 0.479 e. The van der Waals surface area contributed by atoms with Gasteiger partial charge in [-0.25, -0.2) is 4.79 Å². The third-order valence-electron chi connectivity index (χ3n) is 3.60. The lowest BCUT2D eigenvalue weighted by Crippen LogP contribution is -2.48. The topological polar surface area (TPSA) is 84.7 Å². The van der Waals surface area contributed by atoms with Crippen LogP contribution in [0.3, 0.4) is 0 Å². The van der Waals surface area contributed by atoms with Crippen LogP contribution in [0.1, 0.15) is 37.0 Å². The molecule has 1 saturated heterocycles. The third kappa shape index (κ3) is 3.65. The molecule has 1 amide bonds. The van der Waals surface area contributed by atoms with Crippen molar-refractivity contribution in [3.63, 3.8) is 0 Å². The van der Waals surface area contributed by atoms with Crippen molar-refractivity contribution < 1.29 is 19.4 Å². The molecule has 1 aliphatic heterocycles. The summed E-state index contributed by atoms with van der Waals surface area (Å²) in [4.78, 5) is 25.2. The highest BCUT2D eigenvalue weighted by molar-refractivity contribution is 5.93. The standard InChI is InChI=1S/C15H23N3O4/c1-4-18-12(8-11(16-18)7-10(2)3)14(19)17-5-6-22-13(9-17)15(20)21/h8,10,13H,4-7,9H2,1-3H3,(H,20,21)/t13-/m1/s1. The quantitative estimate of drug-likeness (QED) is 0.878. The first-order valence-electron chi connectivity index (χ1n) is 7.62. The molecule has 0 spiro atoms. The molecule has 7 heteroatoms.